The SMILES string of the molecule is CC(C)(C)Nc1nc(NCc2ccccc2)nc(N/N=C/c2ccc(F)cc2)n1. The van der Waals surface area contributed by atoms with E-state index in [0.717, 1.165) is 11.1 Å². The van der Waals surface area contributed by atoms with Crippen LogP contribution in [0.15, 0.2) is 59.7 Å². The average molecular weight is 393 g/mol. The van der Waals surface area contributed by atoms with Gasteiger partial charge < -0.3 is 10.6 Å². The summed E-state index contributed by atoms with van der Waals surface area (Å²) in [6.07, 6.45) is 1.57. The Kier molecular flexibility index (Phi) is 6.33. The zero-order valence-corrected chi connectivity index (χ0v) is 16.6. The lowest BCUT2D eigenvalue weighted by atomic mass is 10.1. The minimum Gasteiger partial charge on any atom is -0.350 e. The monoisotopic (exact) mass is 393 g/mol. The molecule has 0 fully saturated rings. The van der Waals surface area contributed by atoms with Crippen LogP contribution in [0.25, 0.3) is 0 Å². The molecule has 1 heterocycles. The van der Waals surface area contributed by atoms with Crippen molar-refractivity contribution < 1.29 is 4.39 Å². The molecular formula is C21H24FN7. The number of hydrazone groups is 1. The molecule has 1 aromatic heterocycles. The molecule has 0 radical (unpaired) electrons. The number of nitrogens with zero attached hydrogens (tertiary/aromatic N) is 4. The maximum atomic E-state index is 13.0. The third-order valence-corrected chi connectivity index (χ3v) is 3.66. The molecule has 0 spiro atoms. The van der Waals surface area contributed by atoms with Crippen LogP contribution in [-0.4, -0.2) is 26.7 Å². The zero-order chi connectivity index (χ0) is 20.7. The second-order valence-corrected chi connectivity index (χ2v) is 7.44. The normalized spacial score (nSPS) is 11.4. The van der Waals surface area contributed by atoms with Crippen LogP contribution in [0.5, 0.6) is 0 Å². The minimum absolute atomic E-state index is 0.216. The Morgan fingerprint density at radius 2 is 1.55 bits per heavy atom. The van der Waals surface area contributed by atoms with Crippen molar-refractivity contribution in [3.05, 3.63) is 71.5 Å². The molecule has 3 N–H and O–H groups in total. The third kappa shape index (κ3) is 6.84. The summed E-state index contributed by atoms with van der Waals surface area (Å²) in [6.45, 7) is 6.65. The first-order valence-corrected chi connectivity index (χ1v) is 9.24. The van der Waals surface area contributed by atoms with Crippen molar-refractivity contribution in [2.24, 2.45) is 5.10 Å². The van der Waals surface area contributed by atoms with Gasteiger partial charge in [-0.1, -0.05) is 42.5 Å². The van der Waals surface area contributed by atoms with Crippen molar-refractivity contribution in [2.45, 2.75) is 32.9 Å². The molecular weight excluding hydrogens is 369 g/mol. The summed E-state index contributed by atoms with van der Waals surface area (Å²) in [5, 5.41) is 10.6. The molecule has 0 saturated carbocycles. The molecule has 150 valence electrons. The van der Waals surface area contributed by atoms with E-state index in [-0.39, 0.29) is 11.4 Å². The maximum absolute atomic E-state index is 13.0. The van der Waals surface area contributed by atoms with Crippen molar-refractivity contribution in [3.8, 4) is 0 Å². The fourth-order valence-corrected chi connectivity index (χ4v) is 2.39. The van der Waals surface area contributed by atoms with Crippen molar-refractivity contribution >= 4 is 24.1 Å². The van der Waals surface area contributed by atoms with Crippen LogP contribution < -0.4 is 16.1 Å². The first kappa shape index (κ1) is 20.2. The van der Waals surface area contributed by atoms with Crippen LogP contribution in [0.3, 0.4) is 0 Å². The van der Waals surface area contributed by atoms with E-state index < -0.39 is 0 Å². The van der Waals surface area contributed by atoms with Crippen molar-refractivity contribution in [2.75, 3.05) is 16.1 Å². The molecule has 0 atom stereocenters. The number of hydrogen-bond acceptors (Lipinski definition) is 7. The molecule has 2 aromatic carbocycles. The Morgan fingerprint density at radius 3 is 2.24 bits per heavy atom. The number of aromatic nitrogens is 3. The van der Waals surface area contributed by atoms with E-state index in [9.17, 15) is 4.39 Å². The van der Waals surface area contributed by atoms with E-state index in [0.29, 0.717) is 24.4 Å². The van der Waals surface area contributed by atoms with Crippen LogP contribution in [0.2, 0.25) is 0 Å². The molecule has 0 saturated heterocycles. The van der Waals surface area contributed by atoms with Crippen molar-refractivity contribution in [3.63, 3.8) is 0 Å². The third-order valence-electron chi connectivity index (χ3n) is 3.66. The van der Waals surface area contributed by atoms with E-state index in [4.69, 9.17) is 0 Å². The predicted molar refractivity (Wildman–Crippen MR) is 115 cm³/mol. The van der Waals surface area contributed by atoms with Gasteiger partial charge in [-0.25, -0.2) is 9.82 Å². The number of hydrogen-bond donors (Lipinski definition) is 3. The molecule has 8 heteroatoms. The molecule has 0 aliphatic rings. The van der Waals surface area contributed by atoms with Crippen LogP contribution >= 0.6 is 0 Å². The lowest BCUT2D eigenvalue weighted by molar-refractivity contribution is 0.625. The standard InChI is InChI=1S/C21H24FN7/c1-21(2,3)28-19-25-18(23-13-15-7-5-4-6-8-15)26-20(27-19)29-24-14-16-9-11-17(22)12-10-16/h4-12,14H,13H2,1-3H3,(H3,23,25,26,27,28,29)/b24-14+. The van der Waals surface area contributed by atoms with Gasteiger partial charge in [0.05, 0.1) is 6.21 Å². The number of anilines is 3. The van der Waals surface area contributed by atoms with Crippen LogP contribution in [-0.2, 0) is 6.54 Å². The van der Waals surface area contributed by atoms with Gasteiger partial charge in [0.15, 0.2) is 0 Å². The molecule has 29 heavy (non-hydrogen) atoms. The quantitative estimate of drug-likeness (QED) is 0.410. The van der Waals surface area contributed by atoms with Crippen LogP contribution in [0, 0.1) is 5.82 Å². The van der Waals surface area contributed by atoms with Crippen LogP contribution in [0.1, 0.15) is 31.9 Å². The minimum atomic E-state index is -0.292. The first-order chi connectivity index (χ1) is 13.9. The smallest absolute Gasteiger partial charge is 0.250 e. The van der Waals surface area contributed by atoms with E-state index >= 15 is 0 Å². The van der Waals surface area contributed by atoms with E-state index in [1.165, 1.54) is 12.1 Å². The second-order valence-electron chi connectivity index (χ2n) is 7.44. The number of rotatable bonds is 7. The number of benzene rings is 2. The predicted octanol–water partition coefficient (Wildman–Crippen LogP) is 4.28. The van der Waals surface area contributed by atoms with E-state index in [1.807, 2.05) is 51.1 Å². The summed E-state index contributed by atoms with van der Waals surface area (Å²) in [5.41, 5.74) is 4.46. The lowest BCUT2D eigenvalue weighted by Gasteiger charge is -2.20. The van der Waals surface area contributed by atoms with Gasteiger partial charge in [0.1, 0.15) is 5.82 Å². The van der Waals surface area contributed by atoms with Gasteiger partial charge in [-0.3, -0.25) is 0 Å². The van der Waals surface area contributed by atoms with Gasteiger partial charge in [0, 0.05) is 12.1 Å². The summed E-state index contributed by atoms with van der Waals surface area (Å²) in [6, 6.07) is 16.0. The topological polar surface area (TPSA) is 87.1 Å². The van der Waals surface area contributed by atoms with E-state index in [1.54, 1.807) is 18.3 Å². The zero-order valence-electron chi connectivity index (χ0n) is 16.6. The number of nitrogens with one attached hydrogen (secondary N) is 3. The average Bonchev–Trinajstić information content (AvgIpc) is 2.67. The fraction of sp³-hybridized carbons (Fsp3) is 0.238. The first-order valence-electron chi connectivity index (χ1n) is 9.24. The molecule has 0 amide bonds. The lowest BCUT2D eigenvalue weighted by Crippen LogP contribution is -2.28. The Morgan fingerprint density at radius 1 is 0.897 bits per heavy atom. The van der Waals surface area contributed by atoms with Gasteiger partial charge >= 0.3 is 0 Å². The summed E-state index contributed by atoms with van der Waals surface area (Å²) < 4.78 is 13.0. The van der Waals surface area contributed by atoms with Crippen LogP contribution in [0.4, 0.5) is 22.2 Å². The van der Waals surface area contributed by atoms with Gasteiger partial charge in [-0.2, -0.15) is 20.1 Å². The Labute approximate surface area is 169 Å². The van der Waals surface area contributed by atoms with Gasteiger partial charge in [-0.05, 0) is 44.0 Å². The highest BCUT2D eigenvalue weighted by atomic mass is 19.1. The molecule has 0 bridgehead atoms. The maximum Gasteiger partial charge on any atom is 0.250 e. The van der Waals surface area contributed by atoms with E-state index in [2.05, 4.69) is 36.1 Å². The van der Waals surface area contributed by atoms with Gasteiger partial charge in [0.2, 0.25) is 17.8 Å². The summed E-state index contributed by atoms with van der Waals surface area (Å²) in [4.78, 5) is 13.2. The molecule has 0 aliphatic carbocycles. The Bertz CT molecular complexity index is 951. The fourth-order valence-electron chi connectivity index (χ4n) is 2.39. The Balaban J connectivity index is 1.75. The molecule has 0 unspecified atom stereocenters. The molecule has 0 aliphatic heterocycles. The largest absolute Gasteiger partial charge is 0.350 e. The molecule has 3 aromatic rings. The second kappa shape index (κ2) is 9.09. The molecule has 3 rings (SSSR count). The van der Waals surface area contributed by atoms with Crippen molar-refractivity contribution in [1.29, 1.82) is 0 Å². The Hall–Kier alpha value is -3.55. The molecule has 7 nitrogen and oxygen atoms in total. The highest BCUT2D eigenvalue weighted by Crippen LogP contribution is 2.15. The van der Waals surface area contributed by atoms with Crippen molar-refractivity contribution in [1.82, 2.24) is 15.0 Å². The number of halogens is 1. The highest BCUT2D eigenvalue weighted by molar-refractivity contribution is 5.79. The highest BCUT2D eigenvalue weighted by Gasteiger charge is 2.14. The summed E-state index contributed by atoms with van der Waals surface area (Å²) in [7, 11) is 0. The van der Waals surface area contributed by atoms with Gasteiger partial charge in [-0.15, -0.1) is 0 Å². The van der Waals surface area contributed by atoms with Gasteiger partial charge in [0.25, 0.3) is 0 Å². The summed E-state index contributed by atoms with van der Waals surface area (Å²) >= 11 is 0. The summed E-state index contributed by atoms with van der Waals surface area (Å²) in [5.74, 6) is 0.859.